The highest BCUT2D eigenvalue weighted by atomic mass is 32.1. The minimum atomic E-state index is 0.139. The van der Waals surface area contributed by atoms with E-state index in [1.54, 1.807) is 12.1 Å². The molecule has 5 nitrogen and oxygen atoms in total. The Morgan fingerprint density at radius 1 is 1.38 bits per heavy atom. The molecule has 21 heavy (non-hydrogen) atoms. The number of phenolic OH excluding ortho intramolecular Hbond substituents is 1. The summed E-state index contributed by atoms with van der Waals surface area (Å²) in [6.07, 6.45) is 0. The van der Waals surface area contributed by atoms with Crippen LogP contribution < -0.4 is 9.64 Å². The lowest BCUT2D eigenvalue weighted by molar-refractivity contribution is -0.904. The molecular weight excluding hydrogens is 288 g/mol. The minimum Gasteiger partial charge on any atom is -0.504 e. The fourth-order valence-electron chi connectivity index (χ4n) is 2.53. The summed E-state index contributed by atoms with van der Waals surface area (Å²) < 4.78 is 5.40. The van der Waals surface area contributed by atoms with Gasteiger partial charge >= 0.3 is 0 Å². The second kappa shape index (κ2) is 7.59. The van der Waals surface area contributed by atoms with Gasteiger partial charge in [0.2, 0.25) is 0 Å². The van der Waals surface area contributed by atoms with Crippen LogP contribution in [0.5, 0.6) is 11.5 Å². The molecule has 0 atom stereocenters. The summed E-state index contributed by atoms with van der Waals surface area (Å²) in [5.41, 5.74) is 0.900. The highest BCUT2D eigenvalue weighted by Gasteiger charge is 2.22. The molecule has 1 aliphatic heterocycles. The van der Waals surface area contributed by atoms with E-state index in [-0.39, 0.29) is 12.4 Å². The smallest absolute Gasteiger partial charge is 0.161 e. The van der Waals surface area contributed by atoms with Crippen molar-refractivity contribution in [2.24, 2.45) is 0 Å². The van der Waals surface area contributed by atoms with Gasteiger partial charge in [-0.05, 0) is 25.1 Å². The Bertz CT molecular complexity index is 488. The Balaban J connectivity index is 2.02. The predicted molar refractivity (Wildman–Crippen MR) is 85.2 cm³/mol. The Hall–Kier alpha value is -1.37. The van der Waals surface area contributed by atoms with Crippen molar-refractivity contribution in [3.8, 4) is 11.5 Å². The van der Waals surface area contributed by atoms with Crippen molar-refractivity contribution >= 4 is 17.2 Å². The number of nitrogens with zero attached hydrogens (tertiary/aromatic N) is 1. The predicted octanol–water partition coefficient (Wildman–Crippen LogP) is -0.341. The van der Waals surface area contributed by atoms with Crippen LogP contribution in [0.1, 0.15) is 12.5 Å². The Kier molecular flexibility index (Phi) is 5.78. The fourth-order valence-corrected chi connectivity index (χ4v) is 2.84. The Morgan fingerprint density at radius 3 is 2.71 bits per heavy atom. The van der Waals surface area contributed by atoms with Crippen LogP contribution in [0.25, 0.3) is 0 Å². The van der Waals surface area contributed by atoms with Crippen molar-refractivity contribution in [3.05, 3.63) is 23.8 Å². The standard InChI is InChI=1S/C15H22N2O3S/c1-2-20-14-11-12(3-4-13(14)19)15(21)17-7-5-16(6-8-17)9-10-18/h3-4,11,18-19H,2,5-10H2,1H3/p+1. The summed E-state index contributed by atoms with van der Waals surface area (Å²) in [6, 6.07) is 5.25. The number of phenols is 1. The van der Waals surface area contributed by atoms with Gasteiger partial charge in [0.1, 0.15) is 11.5 Å². The minimum absolute atomic E-state index is 0.139. The number of aliphatic hydroxyl groups is 1. The molecule has 116 valence electrons. The zero-order chi connectivity index (χ0) is 15.2. The van der Waals surface area contributed by atoms with Gasteiger partial charge in [-0.1, -0.05) is 12.2 Å². The second-order valence-electron chi connectivity index (χ2n) is 5.13. The lowest BCUT2D eigenvalue weighted by Crippen LogP contribution is -3.15. The molecule has 0 unspecified atom stereocenters. The molecule has 0 radical (unpaired) electrons. The molecule has 1 aromatic carbocycles. The molecule has 0 aliphatic carbocycles. The number of aliphatic hydroxyl groups excluding tert-OH is 1. The number of thiocarbonyl (C=S) groups is 1. The number of quaternary nitrogens is 1. The van der Waals surface area contributed by atoms with Crippen molar-refractivity contribution < 1.29 is 19.8 Å². The summed E-state index contributed by atoms with van der Waals surface area (Å²) in [4.78, 5) is 4.38. The maximum atomic E-state index is 9.74. The van der Waals surface area contributed by atoms with E-state index in [0.717, 1.165) is 43.3 Å². The molecule has 1 fully saturated rings. The van der Waals surface area contributed by atoms with Crippen LogP contribution in [0.2, 0.25) is 0 Å². The highest BCUT2D eigenvalue weighted by molar-refractivity contribution is 7.80. The maximum absolute atomic E-state index is 9.74. The topological polar surface area (TPSA) is 57.4 Å². The first-order valence-corrected chi connectivity index (χ1v) is 7.76. The quantitative estimate of drug-likeness (QED) is 0.650. The van der Waals surface area contributed by atoms with Gasteiger partial charge in [-0.15, -0.1) is 0 Å². The van der Waals surface area contributed by atoms with E-state index in [9.17, 15) is 5.11 Å². The number of ether oxygens (including phenoxy) is 1. The molecule has 1 saturated heterocycles. The van der Waals surface area contributed by atoms with Crippen LogP contribution in [0.3, 0.4) is 0 Å². The first-order valence-electron chi connectivity index (χ1n) is 7.35. The highest BCUT2D eigenvalue weighted by Crippen LogP contribution is 2.27. The second-order valence-corrected chi connectivity index (χ2v) is 5.52. The lowest BCUT2D eigenvalue weighted by Gasteiger charge is -2.33. The van der Waals surface area contributed by atoms with E-state index in [2.05, 4.69) is 4.90 Å². The third-order valence-corrected chi connectivity index (χ3v) is 4.22. The van der Waals surface area contributed by atoms with Gasteiger partial charge < -0.3 is 24.7 Å². The van der Waals surface area contributed by atoms with E-state index in [1.807, 2.05) is 13.0 Å². The lowest BCUT2D eigenvalue weighted by atomic mass is 10.1. The van der Waals surface area contributed by atoms with Crippen molar-refractivity contribution in [1.29, 1.82) is 0 Å². The fraction of sp³-hybridized carbons (Fsp3) is 0.533. The first kappa shape index (κ1) is 16.0. The number of benzene rings is 1. The SMILES string of the molecule is CCOc1cc(C(=S)N2CC[NH+](CCO)CC2)ccc1O. The van der Waals surface area contributed by atoms with Gasteiger partial charge in [-0.2, -0.15) is 0 Å². The van der Waals surface area contributed by atoms with E-state index >= 15 is 0 Å². The van der Waals surface area contributed by atoms with Crippen molar-refractivity contribution in [1.82, 2.24) is 4.90 Å². The van der Waals surface area contributed by atoms with Crippen LogP contribution >= 0.6 is 12.2 Å². The van der Waals surface area contributed by atoms with Gasteiger partial charge in [0.15, 0.2) is 11.5 Å². The summed E-state index contributed by atoms with van der Waals surface area (Å²) in [5.74, 6) is 0.613. The summed E-state index contributed by atoms with van der Waals surface area (Å²) in [6.45, 7) is 7.16. The normalized spacial score (nSPS) is 16.0. The molecule has 6 heteroatoms. The molecule has 0 amide bonds. The largest absolute Gasteiger partial charge is 0.504 e. The van der Waals surface area contributed by atoms with Gasteiger partial charge in [-0.3, -0.25) is 0 Å². The van der Waals surface area contributed by atoms with Crippen LogP contribution in [-0.4, -0.2) is 66.0 Å². The molecule has 3 N–H and O–H groups in total. The summed E-state index contributed by atoms with van der Waals surface area (Å²) in [7, 11) is 0. The van der Waals surface area contributed by atoms with Crippen molar-refractivity contribution in [3.63, 3.8) is 0 Å². The number of piperazine rings is 1. The average molecular weight is 311 g/mol. The number of hydrogen-bond donors (Lipinski definition) is 3. The first-order chi connectivity index (χ1) is 10.2. The maximum Gasteiger partial charge on any atom is 0.161 e. The van der Waals surface area contributed by atoms with Crippen LogP contribution in [0, 0.1) is 0 Å². The molecule has 2 rings (SSSR count). The van der Waals surface area contributed by atoms with E-state index < -0.39 is 0 Å². The third kappa shape index (κ3) is 4.06. The van der Waals surface area contributed by atoms with Crippen LogP contribution in [0.15, 0.2) is 18.2 Å². The molecule has 0 bridgehead atoms. The van der Waals surface area contributed by atoms with Gasteiger partial charge in [-0.25, -0.2) is 0 Å². The summed E-state index contributed by atoms with van der Waals surface area (Å²) in [5, 5.41) is 18.7. The van der Waals surface area contributed by atoms with Crippen molar-refractivity contribution in [2.45, 2.75) is 6.92 Å². The zero-order valence-electron chi connectivity index (χ0n) is 12.3. The van der Waals surface area contributed by atoms with Gasteiger partial charge in [0, 0.05) is 5.56 Å². The van der Waals surface area contributed by atoms with Crippen molar-refractivity contribution in [2.75, 3.05) is 45.9 Å². The molecular formula is C15H23N2O3S+. The third-order valence-electron chi connectivity index (χ3n) is 3.73. The van der Waals surface area contributed by atoms with Gasteiger partial charge in [0.05, 0.1) is 39.4 Å². The zero-order valence-corrected chi connectivity index (χ0v) is 13.2. The average Bonchev–Trinajstić information content (AvgIpc) is 2.50. The Labute approximate surface area is 130 Å². The number of hydrogen-bond acceptors (Lipinski definition) is 4. The monoisotopic (exact) mass is 311 g/mol. The molecule has 1 aromatic rings. The van der Waals surface area contributed by atoms with Crippen LogP contribution in [-0.2, 0) is 0 Å². The van der Waals surface area contributed by atoms with E-state index in [4.69, 9.17) is 22.1 Å². The molecule has 0 aromatic heterocycles. The summed E-state index contributed by atoms with van der Waals surface area (Å²) >= 11 is 5.56. The number of rotatable bonds is 5. The molecule has 1 aliphatic rings. The molecule has 0 saturated carbocycles. The number of nitrogens with one attached hydrogen (secondary N) is 1. The Morgan fingerprint density at radius 2 is 2.10 bits per heavy atom. The number of aromatic hydroxyl groups is 1. The molecule has 0 spiro atoms. The van der Waals surface area contributed by atoms with E-state index in [0.29, 0.717) is 12.4 Å². The van der Waals surface area contributed by atoms with Crippen LogP contribution in [0.4, 0.5) is 0 Å². The van der Waals surface area contributed by atoms with Gasteiger partial charge in [0.25, 0.3) is 0 Å². The molecule has 1 heterocycles. The van der Waals surface area contributed by atoms with E-state index in [1.165, 1.54) is 4.90 Å².